The van der Waals surface area contributed by atoms with E-state index in [0.29, 0.717) is 0 Å². The van der Waals surface area contributed by atoms with Crippen LogP contribution in [0.25, 0.3) is 0 Å². The van der Waals surface area contributed by atoms with Gasteiger partial charge in [0.1, 0.15) is 10.5 Å². The Kier molecular flexibility index (Phi) is 1.70. The summed E-state index contributed by atoms with van der Waals surface area (Å²) in [7, 11) is 0. The molecule has 1 N–H and O–H groups in total. The minimum atomic E-state index is -0.155. The number of carbonyl (C=O) groups is 2. The number of fused-ring (bicyclic) bond motifs is 1. The molecule has 0 spiro atoms. The van der Waals surface area contributed by atoms with Crippen LogP contribution in [0.2, 0.25) is 0 Å². The summed E-state index contributed by atoms with van der Waals surface area (Å²) >= 11 is 3.16. The first-order valence-electron chi connectivity index (χ1n) is 3.70. The number of hydrogen-bond acceptors (Lipinski definition) is 4. The second-order valence-electron chi connectivity index (χ2n) is 3.33. The summed E-state index contributed by atoms with van der Waals surface area (Å²) in [6, 6.07) is 0. The number of imide groups is 1. The van der Waals surface area contributed by atoms with Crippen molar-refractivity contribution in [1.82, 2.24) is 5.32 Å². The van der Waals surface area contributed by atoms with Gasteiger partial charge < -0.3 is 0 Å². The van der Waals surface area contributed by atoms with Gasteiger partial charge in [-0.2, -0.15) is 0 Å². The maximum Gasteiger partial charge on any atom is 0.241 e. The quantitative estimate of drug-likeness (QED) is 0.585. The predicted octanol–water partition coefficient (Wildman–Crippen LogP) is 0.596. The molecule has 2 heterocycles. The van der Waals surface area contributed by atoms with Gasteiger partial charge in [-0.25, -0.2) is 0 Å². The summed E-state index contributed by atoms with van der Waals surface area (Å²) in [5.74, 6) is -0.235. The van der Waals surface area contributed by atoms with Crippen molar-refractivity contribution >= 4 is 35.3 Å². The third-order valence-corrected chi connectivity index (χ3v) is 5.22. The highest BCUT2D eigenvalue weighted by Gasteiger charge is 2.52. The van der Waals surface area contributed by atoms with Crippen molar-refractivity contribution in [3.8, 4) is 0 Å². The molecule has 0 aromatic carbocycles. The van der Waals surface area contributed by atoms with Gasteiger partial charge in [0.2, 0.25) is 11.8 Å². The van der Waals surface area contributed by atoms with Gasteiger partial charge in [-0.05, 0) is 13.8 Å². The van der Waals surface area contributed by atoms with E-state index in [9.17, 15) is 9.59 Å². The monoisotopic (exact) mass is 203 g/mol. The summed E-state index contributed by atoms with van der Waals surface area (Å²) in [6.07, 6.45) is 0. The summed E-state index contributed by atoms with van der Waals surface area (Å²) in [5.41, 5.74) is 0. The van der Waals surface area contributed by atoms with Crippen LogP contribution < -0.4 is 5.32 Å². The molecule has 3 nitrogen and oxygen atoms in total. The van der Waals surface area contributed by atoms with Crippen LogP contribution in [0.4, 0.5) is 0 Å². The fourth-order valence-electron chi connectivity index (χ4n) is 1.41. The first-order valence-corrected chi connectivity index (χ1v) is 5.46. The molecule has 2 saturated heterocycles. The predicted molar refractivity (Wildman–Crippen MR) is 50.0 cm³/mol. The number of rotatable bonds is 0. The minimum absolute atomic E-state index is 0.00273. The lowest BCUT2D eigenvalue weighted by Crippen LogP contribution is -2.25. The fraction of sp³-hybridized carbons (Fsp3) is 0.714. The van der Waals surface area contributed by atoms with Crippen molar-refractivity contribution in [2.24, 2.45) is 0 Å². The van der Waals surface area contributed by atoms with E-state index in [1.165, 1.54) is 0 Å². The Morgan fingerprint density at radius 1 is 1.17 bits per heavy atom. The summed E-state index contributed by atoms with van der Waals surface area (Å²) in [6.45, 7) is 4.09. The van der Waals surface area contributed by atoms with E-state index in [1.807, 2.05) is 13.8 Å². The molecule has 5 heteroatoms. The molecule has 66 valence electrons. The summed E-state index contributed by atoms with van der Waals surface area (Å²) < 4.78 is 0.00273. The number of thioether (sulfide) groups is 2. The minimum Gasteiger partial charge on any atom is -0.294 e. The molecule has 2 aliphatic rings. The van der Waals surface area contributed by atoms with E-state index in [2.05, 4.69) is 5.32 Å². The van der Waals surface area contributed by atoms with Crippen molar-refractivity contribution in [1.29, 1.82) is 0 Å². The zero-order valence-corrected chi connectivity index (χ0v) is 8.42. The molecular formula is C7H9NO2S2. The van der Waals surface area contributed by atoms with Crippen molar-refractivity contribution < 1.29 is 9.59 Å². The third kappa shape index (κ3) is 1.15. The Morgan fingerprint density at radius 3 is 2.00 bits per heavy atom. The number of hydrogen-bond donors (Lipinski definition) is 1. The standard InChI is InChI=1S/C7H9NO2S2/c1-7(2)11-3-4(12-7)6(10)8-5(3)9/h3-4H,1-2H3,(H,8,9,10). The van der Waals surface area contributed by atoms with Crippen LogP contribution in [-0.4, -0.2) is 26.4 Å². The molecule has 2 fully saturated rings. The van der Waals surface area contributed by atoms with Crippen molar-refractivity contribution in [3.05, 3.63) is 0 Å². The van der Waals surface area contributed by atoms with Gasteiger partial charge in [0.25, 0.3) is 0 Å². The zero-order valence-electron chi connectivity index (χ0n) is 6.79. The van der Waals surface area contributed by atoms with Crippen LogP contribution in [0.15, 0.2) is 0 Å². The second kappa shape index (κ2) is 2.42. The molecular weight excluding hydrogens is 194 g/mol. The zero-order chi connectivity index (χ0) is 8.93. The largest absolute Gasteiger partial charge is 0.294 e. The van der Waals surface area contributed by atoms with Crippen LogP contribution in [0, 0.1) is 0 Å². The Bertz CT molecular complexity index is 240. The molecule has 2 rings (SSSR count). The Labute approximate surface area is 79.0 Å². The van der Waals surface area contributed by atoms with Gasteiger partial charge in [0.05, 0.1) is 4.08 Å². The highest BCUT2D eigenvalue weighted by molar-refractivity contribution is 8.22. The van der Waals surface area contributed by atoms with E-state index in [1.54, 1.807) is 23.5 Å². The van der Waals surface area contributed by atoms with Gasteiger partial charge in [-0.3, -0.25) is 14.9 Å². The van der Waals surface area contributed by atoms with Crippen molar-refractivity contribution in [2.75, 3.05) is 0 Å². The third-order valence-electron chi connectivity index (χ3n) is 1.86. The average Bonchev–Trinajstić information content (AvgIpc) is 2.34. The Hall–Kier alpha value is -0.160. The summed E-state index contributed by atoms with van der Waals surface area (Å²) in [5, 5.41) is 2.03. The Morgan fingerprint density at radius 2 is 1.58 bits per heavy atom. The molecule has 0 radical (unpaired) electrons. The van der Waals surface area contributed by atoms with Gasteiger partial charge in [0, 0.05) is 0 Å². The topological polar surface area (TPSA) is 46.2 Å². The SMILES string of the molecule is CC1(C)SC2C(=O)NC(=O)C2S1. The first kappa shape index (κ1) is 8.44. The van der Waals surface area contributed by atoms with Crippen LogP contribution in [0.5, 0.6) is 0 Å². The van der Waals surface area contributed by atoms with Crippen molar-refractivity contribution in [2.45, 2.75) is 28.4 Å². The molecule has 2 amide bonds. The van der Waals surface area contributed by atoms with Crippen LogP contribution in [-0.2, 0) is 9.59 Å². The number of carbonyl (C=O) groups excluding carboxylic acids is 2. The average molecular weight is 203 g/mol. The lowest BCUT2D eigenvalue weighted by atomic mass is 10.3. The van der Waals surface area contributed by atoms with E-state index in [4.69, 9.17) is 0 Å². The van der Waals surface area contributed by atoms with Gasteiger partial charge in [0.15, 0.2) is 0 Å². The maximum atomic E-state index is 11.2. The lowest BCUT2D eigenvalue weighted by molar-refractivity contribution is -0.124. The van der Waals surface area contributed by atoms with Gasteiger partial charge >= 0.3 is 0 Å². The fourth-order valence-corrected chi connectivity index (χ4v) is 4.64. The van der Waals surface area contributed by atoms with Crippen LogP contribution >= 0.6 is 23.5 Å². The normalized spacial score (nSPS) is 38.2. The molecule has 0 aliphatic carbocycles. The molecule has 0 bridgehead atoms. The van der Waals surface area contributed by atoms with Gasteiger partial charge in [-0.1, -0.05) is 0 Å². The maximum absolute atomic E-state index is 11.2. The molecule has 0 aromatic rings. The lowest BCUT2D eigenvalue weighted by Gasteiger charge is -2.15. The van der Waals surface area contributed by atoms with Crippen molar-refractivity contribution in [3.63, 3.8) is 0 Å². The van der Waals surface area contributed by atoms with E-state index in [0.717, 1.165) is 0 Å². The molecule has 0 saturated carbocycles. The number of amides is 2. The van der Waals surface area contributed by atoms with E-state index < -0.39 is 0 Å². The summed E-state index contributed by atoms with van der Waals surface area (Å²) in [4.78, 5) is 22.4. The smallest absolute Gasteiger partial charge is 0.241 e. The van der Waals surface area contributed by atoms with Crippen LogP contribution in [0.1, 0.15) is 13.8 Å². The molecule has 0 aromatic heterocycles. The molecule has 2 unspecified atom stereocenters. The van der Waals surface area contributed by atoms with Crippen LogP contribution in [0.3, 0.4) is 0 Å². The first-order chi connectivity index (χ1) is 5.49. The number of nitrogens with one attached hydrogen (secondary N) is 1. The van der Waals surface area contributed by atoms with E-state index >= 15 is 0 Å². The molecule has 2 atom stereocenters. The van der Waals surface area contributed by atoms with Gasteiger partial charge in [-0.15, -0.1) is 23.5 Å². The molecule has 12 heavy (non-hydrogen) atoms. The molecule has 2 aliphatic heterocycles. The Balaban J connectivity index is 2.26. The highest BCUT2D eigenvalue weighted by Crippen LogP contribution is 2.53. The highest BCUT2D eigenvalue weighted by atomic mass is 32.2. The van der Waals surface area contributed by atoms with E-state index in [-0.39, 0.29) is 26.4 Å². The second-order valence-corrected chi connectivity index (χ2v) is 7.12.